The van der Waals surface area contributed by atoms with Gasteiger partial charge in [-0.05, 0) is 24.1 Å². The van der Waals surface area contributed by atoms with Gasteiger partial charge in [-0.3, -0.25) is 0 Å². The van der Waals surface area contributed by atoms with Crippen molar-refractivity contribution in [3.05, 3.63) is 22.7 Å². The van der Waals surface area contributed by atoms with E-state index in [0.29, 0.717) is 16.5 Å². The average Bonchev–Trinajstić information content (AvgIpc) is 2.29. The SMILES string of the molecule is CNC(c1cc(OC)c(OC)cc1Cl)C(C)(C)C. The molecule has 1 atom stereocenters. The summed E-state index contributed by atoms with van der Waals surface area (Å²) in [5, 5.41) is 3.99. The molecule has 1 N–H and O–H groups in total. The minimum atomic E-state index is 0.0536. The fourth-order valence-corrected chi connectivity index (χ4v) is 2.41. The lowest BCUT2D eigenvalue weighted by Gasteiger charge is -2.31. The van der Waals surface area contributed by atoms with Crippen LogP contribution in [0, 0.1) is 5.41 Å². The molecule has 4 heteroatoms. The van der Waals surface area contributed by atoms with Gasteiger partial charge >= 0.3 is 0 Å². The van der Waals surface area contributed by atoms with E-state index in [0.717, 1.165) is 5.56 Å². The smallest absolute Gasteiger partial charge is 0.162 e. The Morgan fingerprint density at radius 1 is 1.11 bits per heavy atom. The number of methoxy groups -OCH3 is 2. The minimum Gasteiger partial charge on any atom is -0.493 e. The Labute approximate surface area is 114 Å². The number of halogens is 1. The van der Waals surface area contributed by atoms with Gasteiger partial charge in [-0.15, -0.1) is 0 Å². The van der Waals surface area contributed by atoms with E-state index < -0.39 is 0 Å². The fourth-order valence-electron chi connectivity index (χ4n) is 2.15. The van der Waals surface area contributed by atoms with Crippen molar-refractivity contribution in [3.8, 4) is 11.5 Å². The number of rotatable bonds is 4. The zero-order valence-corrected chi connectivity index (χ0v) is 12.7. The Morgan fingerprint density at radius 3 is 2.00 bits per heavy atom. The minimum absolute atomic E-state index is 0.0536. The maximum atomic E-state index is 6.34. The average molecular weight is 272 g/mol. The largest absolute Gasteiger partial charge is 0.493 e. The first-order chi connectivity index (χ1) is 8.35. The highest BCUT2D eigenvalue weighted by molar-refractivity contribution is 6.31. The summed E-state index contributed by atoms with van der Waals surface area (Å²) in [6.45, 7) is 6.50. The normalized spacial score (nSPS) is 13.3. The molecule has 18 heavy (non-hydrogen) atoms. The van der Waals surface area contributed by atoms with Crippen molar-refractivity contribution in [2.45, 2.75) is 26.8 Å². The van der Waals surface area contributed by atoms with Crippen LogP contribution in [0.3, 0.4) is 0 Å². The van der Waals surface area contributed by atoms with E-state index in [1.807, 2.05) is 13.1 Å². The summed E-state index contributed by atoms with van der Waals surface area (Å²) in [7, 11) is 5.16. The zero-order chi connectivity index (χ0) is 13.9. The quantitative estimate of drug-likeness (QED) is 0.906. The van der Waals surface area contributed by atoms with Crippen LogP contribution in [-0.2, 0) is 0 Å². The van der Waals surface area contributed by atoms with Gasteiger partial charge in [0.05, 0.1) is 14.2 Å². The Hall–Kier alpha value is -0.930. The van der Waals surface area contributed by atoms with Crippen molar-refractivity contribution in [2.24, 2.45) is 5.41 Å². The summed E-state index contributed by atoms with van der Waals surface area (Å²) in [6, 6.07) is 3.88. The van der Waals surface area contributed by atoms with E-state index in [-0.39, 0.29) is 11.5 Å². The molecule has 0 amide bonds. The fraction of sp³-hybridized carbons (Fsp3) is 0.571. The number of hydrogen-bond acceptors (Lipinski definition) is 3. The molecule has 0 fully saturated rings. The van der Waals surface area contributed by atoms with Crippen molar-refractivity contribution in [1.82, 2.24) is 5.32 Å². The molecule has 0 saturated heterocycles. The van der Waals surface area contributed by atoms with Gasteiger partial charge in [0.1, 0.15) is 0 Å². The van der Waals surface area contributed by atoms with Crippen LogP contribution in [0.15, 0.2) is 12.1 Å². The molecular weight excluding hydrogens is 250 g/mol. The summed E-state index contributed by atoms with van der Waals surface area (Å²) in [4.78, 5) is 0. The summed E-state index contributed by atoms with van der Waals surface area (Å²) in [6.07, 6.45) is 0. The first-order valence-electron chi connectivity index (χ1n) is 5.93. The zero-order valence-electron chi connectivity index (χ0n) is 11.9. The van der Waals surface area contributed by atoms with Crippen LogP contribution in [0.25, 0.3) is 0 Å². The van der Waals surface area contributed by atoms with Crippen molar-refractivity contribution >= 4 is 11.6 Å². The molecule has 0 aromatic heterocycles. The highest BCUT2D eigenvalue weighted by atomic mass is 35.5. The standard InChI is InChI=1S/C14H22ClNO2/c1-14(2,3)13(16-4)9-7-11(17-5)12(18-6)8-10(9)15/h7-8,13,16H,1-6H3. The van der Waals surface area contributed by atoms with E-state index in [1.54, 1.807) is 20.3 Å². The van der Waals surface area contributed by atoms with Crippen LogP contribution >= 0.6 is 11.6 Å². The second-order valence-corrected chi connectivity index (χ2v) is 5.72. The second-order valence-electron chi connectivity index (χ2n) is 5.32. The number of nitrogens with one attached hydrogen (secondary N) is 1. The highest BCUT2D eigenvalue weighted by Gasteiger charge is 2.27. The van der Waals surface area contributed by atoms with Crippen molar-refractivity contribution < 1.29 is 9.47 Å². The van der Waals surface area contributed by atoms with Gasteiger partial charge in [0.15, 0.2) is 11.5 Å². The Morgan fingerprint density at radius 2 is 1.61 bits per heavy atom. The summed E-state index contributed by atoms with van der Waals surface area (Å²) < 4.78 is 10.6. The van der Waals surface area contributed by atoms with Crippen LogP contribution in [0.2, 0.25) is 5.02 Å². The van der Waals surface area contributed by atoms with Crippen LogP contribution < -0.4 is 14.8 Å². The monoisotopic (exact) mass is 271 g/mol. The molecule has 0 heterocycles. The first-order valence-corrected chi connectivity index (χ1v) is 6.31. The van der Waals surface area contributed by atoms with Gasteiger partial charge in [-0.25, -0.2) is 0 Å². The Balaban J connectivity index is 3.32. The van der Waals surface area contributed by atoms with E-state index in [2.05, 4.69) is 26.1 Å². The molecule has 102 valence electrons. The summed E-state index contributed by atoms with van der Waals surface area (Å²) in [5.74, 6) is 1.34. The number of benzene rings is 1. The molecule has 1 aromatic carbocycles. The molecule has 0 bridgehead atoms. The lowest BCUT2D eigenvalue weighted by molar-refractivity contribution is 0.285. The van der Waals surface area contributed by atoms with Crippen LogP contribution in [0.5, 0.6) is 11.5 Å². The lowest BCUT2D eigenvalue weighted by atomic mass is 9.82. The molecule has 1 unspecified atom stereocenters. The molecule has 0 aliphatic carbocycles. The number of ether oxygens (including phenoxy) is 2. The third-order valence-electron chi connectivity index (χ3n) is 2.97. The molecule has 3 nitrogen and oxygen atoms in total. The lowest BCUT2D eigenvalue weighted by Crippen LogP contribution is -2.29. The topological polar surface area (TPSA) is 30.5 Å². The Bertz CT molecular complexity index is 413. The predicted molar refractivity (Wildman–Crippen MR) is 75.8 cm³/mol. The van der Waals surface area contributed by atoms with E-state index >= 15 is 0 Å². The molecule has 1 aromatic rings. The van der Waals surface area contributed by atoms with Gasteiger partial charge in [-0.1, -0.05) is 32.4 Å². The maximum absolute atomic E-state index is 6.34. The maximum Gasteiger partial charge on any atom is 0.162 e. The third-order valence-corrected chi connectivity index (χ3v) is 3.30. The second kappa shape index (κ2) is 5.81. The van der Waals surface area contributed by atoms with Crippen LogP contribution in [-0.4, -0.2) is 21.3 Å². The molecule has 1 rings (SSSR count). The van der Waals surface area contributed by atoms with Crippen molar-refractivity contribution in [1.29, 1.82) is 0 Å². The molecule has 0 aliphatic heterocycles. The molecule has 0 aliphatic rings. The predicted octanol–water partition coefficient (Wildman–Crippen LogP) is 3.66. The molecule has 0 radical (unpaired) electrons. The molecular formula is C14H22ClNO2. The number of hydrogen-bond donors (Lipinski definition) is 1. The van der Waals surface area contributed by atoms with E-state index in [1.165, 1.54) is 0 Å². The third kappa shape index (κ3) is 3.09. The first kappa shape index (κ1) is 15.1. The van der Waals surface area contributed by atoms with Crippen LogP contribution in [0.4, 0.5) is 0 Å². The van der Waals surface area contributed by atoms with Gasteiger partial charge in [0.2, 0.25) is 0 Å². The van der Waals surface area contributed by atoms with Crippen molar-refractivity contribution in [2.75, 3.05) is 21.3 Å². The van der Waals surface area contributed by atoms with Gasteiger partial charge in [-0.2, -0.15) is 0 Å². The highest BCUT2D eigenvalue weighted by Crippen LogP contribution is 2.41. The van der Waals surface area contributed by atoms with Crippen LogP contribution in [0.1, 0.15) is 32.4 Å². The summed E-state index contributed by atoms with van der Waals surface area (Å²) in [5.41, 5.74) is 1.07. The van der Waals surface area contributed by atoms with Gasteiger partial charge < -0.3 is 14.8 Å². The van der Waals surface area contributed by atoms with E-state index in [4.69, 9.17) is 21.1 Å². The van der Waals surface area contributed by atoms with Gasteiger partial charge in [0.25, 0.3) is 0 Å². The summed E-state index contributed by atoms with van der Waals surface area (Å²) >= 11 is 6.34. The van der Waals surface area contributed by atoms with Crippen molar-refractivity contribution in [3.63, 3.8) is 0 Å². The molecule has 0 saturated carbocycles. The van der Waals surface area contributed by atoms with Gasteiger partial charge in [0, 0.05) is 17.1 Å². The molecule has 0 spiro atoms. The Kier molecular flexibility index (Phi) is 4.88. The van der Waals surface area contributed by atoms with E-state index in [9.17, 15) is 0 Å².